The van der Waals surface area contributed by atoms with Crippen LogP contribution in [0.5, 0.6) is 0 Å². The van der Waals surface area contributed by atoms with Gasteiger partial charge in [-0.25, -0.2) is 4.98 Å². The molecule has 0 spiro atoms. The monoisotopic (exact) mass is 398 g/mol. The Kier molecular flexibility index (Phi) is 6.01. The van der Waals surface area contributed by atoms with Crippen molar-refractivity contribution in [1.82, 2.24) is 9.88 Å². The smallest absolute Gasteiger partial charge is 0.282 e. The fourth-order valence-electron chi connectivity index (χ4n) is 2.84. The maximum Gasteiger partial charge on any atom is 0.282 e. The zero-order valence-electron chi connectivity index (χ0n) is 16.1. The Hall–Kier alpha value is -2.84. The van der Waals surface area contributed by atoms with Gasteiger partial charge in [0.2, 0.25) is 0 Å². The SMILES string of the molecule is CCc1ccc2nc(N(CCN(C)C)C(=O)c3ccccc3[N+](=O)[O-])sc2c1. The quantitative estimate of drug-likeness (QED) is 0.444. The topological polar surface area (TPSA) is 79.6 Å². The maximum atomic E-state index is 13.3. The number of hydrogen-bond donors (Lipinski definition) is 0. The molecule has 0 saturated heterocycles. The lowest BCUT2D eigenvalue weighted by Gasteiger charge is -2.21. The third-order valence-corrected chi connectivity index (χ3v) is 5.47. The van der Waals surface area contributed by atoms with Crippen molar-refractivity contribution < 1.29 is 9.72 Å². The highest BCUT2D eigenvalue weighted by molar-refractivity contribution is 7.22. The van der Waals surface area contributed by atoms with Crippen molar-refractivity contribution in [2.24, 2.45) is 0 Å². The highest BCUT2D eigenvalue weighted by atomic mass is 32.1. The molecular weight excluding hydrogens is 376 g/mol. The summed E-state index contributed by atoms with van der Waals surface area (Å²) in [4.78, 5) is 32.2. The molecule has 2 aromatic carbocycles. The van der Waals surface area contributed by atoms with Gasteiger partial charge in [-0.3, -0.25) is 19.8 Å². The summed E-state index contributed by atoms with van der Waals surface area (Å²) >= 11 is 1.43. The van der Waals surface area contributed by atoms with Gasteiger partial charge in [0.25, 0.3) is 11.6 Å². The number of likely N-dealkylation sites (N-methyl/N-ethyl adjacent to an activating group) is 1. The number of para-hydroxylation sites is 1. The number of carbonyl (C=O) groups is 1. The van der Waals surface area contributed by atoms with Gasteiger partial charge in [0.1, 0.15) is 5.56 Å². The number of amides is 1. The minimum absolute atomic E-state index is 0.0692. The van der Waals surface area contributed by atoms with Gasteiger partial charge in [-0.2, -0.15) is 0 Å². The first-order valence-corrected chi connectivity index (χ1v) is 9.81. The molecule has 1 aromatic heterocycles. The van der Waals surface area contributed by atoms with Gasteiger partial charge < -0.3 is 4.90 Å². The molecule has 0 N–H and O–H groups in total. The van der Waals surface area contributed by atoms with E-state index in [1.165, 1.54) is 29.0 Å². The summed E-state index contributed by atoms with van der Waals surface area (Å²) in [5.74, 6) is -0.413. The minimum Gasteiger partial charge on any atom is -0.308 e. The number of fused-ring (bicyclic) bond motifs is 1. The summed E-state index contributed by atoms with van der Waals surface area (Å²) < 4.78 is 1.000. The highest BCUT2D eigenvalue weighted by Gasteiger charge is 2.27. The first-order valence-electron chi connectivity index (χ1n) is 9.00. The number of rotatable bonds is 7. The Bertz CT molecular complexity index is 1020. The molecule has 0 aliphatic carbocycles. The molecule has 8 heteroatoms. The van der Waals surface area contributed by atoms with E-state index in [0.717, 1.165) is 16.6 Å². The number of benzene rings is 2. The number of aromatic nitrogens is 1. The molecule has 0 saturated carbocycles. The zero-order valence-corrected chi connectivity index (χ0v) is 16.9. The molecule has 3 rings (SSSR count). The number of anilines is 1. The molecule has 0 unspecified atom stereocenters. The molecule has 0 aliphatic rings. The van der Waals surface area contributed by atoms with Gasteiger partial charge >= 0.3 is 0 Å². The summed E-state index contributed by atoms with van der Waals surface area (Å²) in [6.45, 7) is 3.09. The van der Waals surface area contributed by atoms with Crippen molar-refractivity contribution in [2.45, 2.75) is 13.3 Å². The van der Waals surface area contributed by atoms with Gasteiger partial charge in [0.05, 0.1) is 15.1 Å². The van der Waals surface area contributed by atoms with Gasteiger partial charge in [-0.05, 0) is 44.3 Å². The highest BCUT2D eigenvalue weighted by Crippen LogP contribution is 2.31. The summed E-state index contributed by atoms with van der Waals surface area (Å²) in [6.07, 6.45) is 0.919. The van der Waals surface area contributed by atoms with Crippen molar-refractivity contribution in [1.29, 1.82) is 0 Å². The third kappa shape index (κ3) is 4.18. The van der Waals surface area contributed by atoms with Crippen LogP contribution in [0.1, 0.15) is 22.8 Å². The van der Waals surface area contributed by atoms with Crippen LogP contribution in [0, 0.1) is 10.1 Å². The van der Waals surface area contributed by atoms with Crippen LogP contribution in [0.4, 0.5) is 10.8 Å². The molecule has 1 heterocycles. The van der Waals surface area contributed by atoms with E-state index in [1.807, 2.05) is 31.1 Å². The normalized spacial score (nSPS) is 11.1. The van der Waals surface area contributed by atoms with Gasteiger partial charge in [-0.15, -0.1) is 0 Å². The molecular formula is C20H22N4O3S. The average molecular weight is 398 g/mol. The van der Waals surface area contributed by atoms with E-state index in [1.54, 1.807) is 17.0 Å². The van der Waals surface area contributed by atoms with E-state index in [4.69, 9.17) is 0 Å². The van der Waals surface area contributed by atoms with Crippen LogP contribution >= 0.6 is 11.3 Å². The summed E-state index contributed by atoms with van der Waals surface area (Å²) in [5, 5.41) is 11.9. The summed E-state index contributed by atoms with van der Waals surface area (Å²) in [7, 11) is 3.83. The van der Waals surface area contributed by atoms with Gasteiger partial charge in [-0.1, -0.05) is 36.5 Å². The van der Waals surface area contributed by atoms with Gasteiger partial charge in [0.15, 0.2) is 5.13 Å². The average Bonchev–Trinajstić information content (AvgIpc) is 3.10. The maximum absolute atomic E-state index is 13.3. The number of hydrogen-bond acceptors (Lipinski definition) is 6. The van der Waals surface area contributed by atoms with E-state index in [9.17, 15) is 14.9 Å². The van der Waals surface area contributed by atoms with Crippen LogP contribution < -0.4 is 4.90 Å². The predicted octanol–water partition coefficient (Wildman–Crippen LogP) is 3.98. The number of nitrogens with zero attached hydrogens (tertiary/aromatic N) is 4. The first kappa shape index (κ1) is 19.9. The molecule has 0 aliphatic heterocycles. The number of carbonyl (C=O) groups excluding carboxylic acids is 1. The lowest BCUT2D eigenvalue weighted by molar-refractivity contribution is -0.385. The predicted molar refractivity (Wildman–Crippen MR) is 112 cm³/mol. The Balaban J connectivity index is 2.04. The zero-order chi connectivity index (χ0) is 20.3. The Morgan fingerprint density at radius 2 is 1.93 bits per heavy atom. The molecule has 28 heavy (non-hydrogen) atoms. The fourth-order valence-corrected chi connectivity index (χ4v) is 3.89. The second-order valence-corrected chi connectivity index (χ2v) is 7.70. The van der Waals surface area contributed by atoms with Crippen molar-refractivity contribution in [3.8, 4) is 0 Å². The van der Waals surface area contributed by atoms with Crippen LogP contribution in [-0.2, 0) is 6.42 Å². The molecule has 0 atom stereocenters. The molecule has 0 bridgehead atoms. The lowest BCUT2D eigenvalue weighted by atomic mass is 10.1. The Morgan fingerprint density at radius 3 is 2.61 bits per heavy atom. The van der Waals surface area contributed by atoms with Crippen LogP contribution in [0.2, 0.25) is 0 Å². The van der Waals surface area contributed by atoms with Crippen LogP contribution in [0.15, 0.2) is 42.5 Å². The second kappa shape index (κ2) is 8.45. The minimum atomic E-state index is -0.525. The van der Waals surface area contributed by atoms with Crippen LogP contribution in [0.3, 0.4) is 0 Å². The molecule has 3 aromatic rings. The fraction of sp³-hybridized carbons (Fsp3) is 0.300. The van der Waals surface area contributed by atoms with Crippen LogP contribution in [-0.4, -0.2) is 47.9 Å². The molecule has 0 radical (unpaired) electrons. The largest absolute Gasteiger partial charge is 0.308 e. The van der Waals surface area contributed by atoms with E-state index in [0.29, 0.717) is 18.2 Å². The molecule has 7 nitrogen and oxygen atoms in total. The van der Waals surface area contributed by atoms with E-state index >= 15 is 0 Å². The Labute approximate surface area is 167 Å². The van der Waals surface area contributed by atoms with Crippen molar-refractivity contribution in [2.75, 3.05) is 32.1 Å². The second-order valence-electron chi connectivity index (χ2n) is 6.69. The summed E-state index contributed by atoms with van der Waals surface area (Å²) in [5.41, 5.74) is 1.89. The third-order valence-electron chi connectivity index (χ3n) is 4.43. The van der Waals surface area contributed by atoms with Crippen molar-refractivity contribution in [3.63, 3.8) is 0 Å². The number of aryl methyl sites for hydroxylation is 1. The summed E-state index contributed by atoms with van der Waals surface area (Å²) in [6, 6.07) is 12.1. The van der Waals surface area contributed by atoms with E-state index in [-0.39, 0.29) is 11.3 Å². The standard InChI is InChI=1S/C20H22N4O3S/c1-4-14-9-10-16-18(13-14)28-20(21-16)23(12-11-22(2)3)19(25)15-7-5-6-8-17(15)24(26)27/h5-10,13H,4,11-12H2,1-3H3. The van der Waals surface area contributed by atoms with Crippen molar-refractivity contribution in [3.05, 3.63) is 63.7 Å². The lowest BCUT2D eigenvalue weighted by Crippen LogP contribution is -2.37. The molecule has 0 fully saturated rings. The molecule has 146 valence electrons. The van der Waals surface area contributed by atoms with E-state index < -0.39 is 10.8 Å². The number of thiazole rings is 1. The van der Waals surface area contributed by atoms with E-state index in [2.05, 4.69) is 18.0 Å². The number of nitro benzene ring substituents is 1. The Morgan fingerprint density at radius 1 is 1.18 bits per heavy atom. The molecule has 1 amide bonds. The first-order chi connectivity index (χ1) is 13.4. The number of nitro groups is 1. The van der Waals surface area contributed by atoms with Crippen LogP contribution in [0.25, 0.3) is 10.2 Å². The van der Waals surface area contributed by atoms with Gasteiger partial charge in [0, 0.05) is 19.2 Å². The van der Waals surface area contributed by atoms with Crippen molar-refractivity contribution >= 4 is 38.3 Å².